The zero-order valence-electron chi connectivity index (χ0n) is 11.6. The van der Waals surface area contributed by atoms with Gasteiger partial charge in [-0.1, -0.05) is 25.9 Å². The number of rotatable bonds is 5. The Balaban J connectivity index is 2.04. The zero-order chi connectivity index (χ0) is 13.3. The van der Waals surface area contributed by atoms with E-state index >= 15 is 0 Å². The Labute approximate surface area is 108 Å². The summed E-state index contributed by atoms with van der Waals surface area (Å²) in [5, 5.41) is 4.02. The summed E-state index contributed by atoms with van der Waals surface area (Å²) in [5.74, 6) is 1.87. The van der Waals surface area contributed by atoms with Crippen molar-refractivity contribution in [1.82, 2.24) is 10.1 Å². The van der Waals surface area contributed by atoms with Gasteiger partial charge >= 0.3 is 0 Å². The molecule has 0 radical (unpaired) electrons. The molecule has 5 heteroatoms. The standard InChI is InChI=1S/C13H23N3O2/c1-13(2,3)11(17-4)12-15-10(18-16-12)7-9(14)8-5-6-8/h8-9,11H,5-7,14H2,1-4H3. The summed E-state index contributed by atoms with van der Waals surface area (Å²) < 4.78 is 10.7. The fraction of sp³-hybridized carbons (Fsp3) is 0.846. The summed E-state index contributed by atoms with van der Waals surface area (Å²) in [4.78, 5) is 4.42. The highest BCUT2D eigenvalue weighted by Gasteiger charge is 2.32. The molecule has 18 heavy (non-hydrogen) atoms. The summed E-state index contributed by atoms with van der Waals surface area (Å²) in [5.41, 5.74) is 5.99. The molecule has 5 nitrogen and oxygen atoms in total. The third-order valence-electron chi connectivity index (χ3n) is 3.38. The summed E-state index contributed by atoms with van der Waals surface area (Å²) in [7, 11) is 1.67. The van der Waals surface area contributed by atoms with Gasteiger partial charge in [0.15, 0.2) is 0 Å². The average Bonchev–Trinajstić information content (AvgIpc) is 3.01. The van der Waals surface area contributed by atoms with E-state index in [1.807, 2.05) is 0 Å². The van der Waals surface area contributed by atoms with E-state index in [2.05, 4.69) is 30.9 Å². The number of nitrogens with zero attached hydrogens (tertiary/aromatic N) is 2. The molecule has 1 aliphatic rings. The number of ether oxygens (including phenoxy) is 1. The second kappa shape index (κ2) is 4.97. The molecule has 1 heterocycles. The van der Waals surface area contributed by atoms with Crippen molar-refractivity contribution < 1.29 is 9.26 Å². The van der Waals surface area contributed by atoms with Gasteiger partial charge in [-0.25, -0.2) is 0 Å². The molecular weight excluding hydrogens is 230 g/mol. The van der Waals surface area contributed by atoms with E-state index in [-0.39, 0.29) is 17.6 Å². The van der Waals surface area contributed by atoms with Crippen LogP contribution >= 0.6 is 0 Å². The van der Waals surface area contributed by atoms with Gasteiger partial charge in [0, 0.05) is 19.6 Å². The summed E-state index contributed by atoms with van der Waals surface area (Å²) >= 11 is 0. The molecule has 0 saturated heterocycles. The molecule has 0 bridgehead atoms. The van der Waals surface area contributed by atoms with E-state index < -0.39 is 0 Å². The Morgan fingerprint density at radius 2 is 2.11 bits per heavy atom. The van der Waals surface area contributed by atoms with E-state index in [0.717, 1.165) is 0 Å². The first-order chi connectivity index (χ1) is 8.41. The van der Waals surface area contributed by atoms with Crippen LogP contribution in [0.5, 0.6) is 0 Å². The van der Waals surface area contributed by atoms with Crippen molar-refractivity contribution in [3.8, 4) is 0 Å². The van der Waals surface area contributed by atoms with Crippen LogP contribution in [0, 0.1) is 11.3 Å². The van der Waals surface area contributed by atoms with Crippen LogP contribution < -0.4 is 5.73 Å². The largest absolute Gasteiger partial charge is 0.373 e. The fourth-order valence-electron chi connectivity index (χ4n) is 2.20. The zero-order valence-corrected chi connectivity index (χ0v) is 11.6. The van der Waals surface area contributed by atoms with Gasteiger partial charge in [-0.2, -0.15) is 4.98 Å². The molecule has 0 spiro atoms. The molecule has 0 aromatic carbocycles. The Hall–Kier alpha value is -0.940. The van der Waals surface area contributed by atoms with Gasteiger partial charge < -0.3 is 15.0 Å². The maximum absolute atomic E-state index is 6.06. The number of hydrogen-bond acceptors (Lipinski definition) is 5. The lowest BCUT2D eigenvalue weighted by atomic mass is 9.88. The van der Waals surface area contributed by atoms with E-state index in [1.54, 1.807) is 7.11 Å². The Kier molecular flexibility index (Phi) is 3.73. The molecule has 2 N–H and O–H groups in total. The quantitative estimate of drug-likeness (QED) is 0.869. The molecule has 2 unspecified atom stereocenters. The van der Waals surface area contributed by atoms with Crippen LogP contribution in [0.4, 0.5) is 0 Å². The number of hydrogen-bond donors (Lipinski definition) is 1. The van der Waals surface area contributed by atoms with Crippen molar-refractivity contribution in [1.29, 1.82) is 0 Å². The van der Waals surface area contributed by atoms with Crippen LogP contribution in [-0.2, 0) is 11.2 Å². The van der Waals surface area contributed by atoms with Crippen LogP contribution in [0.2, 0.25) is 0 Å². The van der Waals surface area contributed by atoms with Gasteiger partial charge in [-0.05, 0) is 24.2 Å². The highest BCUT2D eigenvalue weighted by molar-refractivity contribution is 4.98. The first kappa shape index (κ1) is 13.5. The third kappa shape index (κ3) is 3.09. The predicted molar refractivity (Wildman–Crippen MR) is 67.9 cm³/mol. The van der Waals surface area contributed by atoms with Crippen molar-refractivity contribution in [3.63, 3.8) is 0 Å². The van der Waals surface area contributed by atoms with Gasteiger partial charge in [0.25, 0.3) is 0 Å². The van der Waals surface area contributed by atoms with Crippen molar-refractivity contribution in [2.45, 2.75) is 52.2 Å². The molecule has 1 saturated carbocycles. The molecule has 0 amide bonds. The molecular formula is C13H23N3O2. The van der Waals surface area contributed by atoms with Crippen molar-refractivity contribution in [2.75, 3.05) is 7.11 Å². The van der Waals surface area contributed by atoms with Crippen LogP contribution in [0.1, 0.15) is 51.4 Å². The van der Waals surface area contributed by atoms with Gasteiger partial charge in [0.1, 0.15) is 6.10 Å². The van der Waals surface area contributed by atoms with Crippen molar-refractivity contribution in [3.05, 3.63) is 11.7 Å². The molecule has 2 rings (SSSR count). The maximum atomic E-state index is 6.06. The van der Waals surface area contributed by atoms with Crippen LogP contribution in [0.3, 0.4) is 0 Å². The Bertz CT molecular complexity index is 393. The molecule has 1 aromatic heterocycles. The molecule has 1 fully saturated rings. The SMILES string of the molecule is COC(c1noc(CC(N)C2CC2)n1)C(C)(C)C. The lowest BCUT2D eigenvalue weighted by Crippen LogP contribution is -2.25. The van der Waals surface area contributed by atoms with Crippen LogP contribution in [0.15, 0.2) is 4.52 Å². The van der Waals surface area contributed by atoms with Crippen LogP contribution in [-0.4, -0.2) is 23.3 Å². The lowest BCUT2D eigenvalue weighted by Gasteiger charge is -2.26. The van der Waals surface area contributed by atoms with Gasteiger partial charge in [0.2, 0.25) is 11.7 Å². The second-order valence-electron chi connectivity index (χ2n) is 6.23. The van der Waals surface area contributed by atoms with Gasteiger partial charge in [-0.3, -0.25) is 0 Å². The number of methoxy groups -OCH3 is 1. The summed E-state index contributed by atoms with van der Waals surface area (Å²) in [6.07, 6.45) is 2.96. The summed E-state index contributed by atoms with van der Waals surface area (Å²) in [6, 6.07) is 0.147. The van der Waals surface area contributed by atoms with Crippen LogP contribution in [0.25, 0.3) is 0 Å². The van der Waals surface area contributed by atoms with E-state index in [4.69, 9.17) is 15.0 Å². The topological polar surface area (TPSA) is 74.2 Å². The molecule has 1 aromatic rings. The average molecular weight is 253 g/mol. The minimum atomic E-state index is -0.160. The van der Waals surface area contributed by atoms with Gasteiger partial charge in [-0.15, -0.1) is 0 Å². The number of aromatic nitrogens is 2. The van der Waals surface area contributed by atoms with Crippen molar-refractivity contribution in [2.24, 2.45) is 17.1 Å². The third-order valence-corrected chi connectivity index (χ3v) is 3.38. The number of nitrogens with two attached hydrogens (primary N) is 1. The normalized spacial score (nSPS) is 19.8. The highest BCUT2D eigenvalue weighted by atomic mass is 16.5. The first-order valence-electron chi connectivity index (χ1n) is 6.52. The monoisotopic (exact) mass is 253 g/mol. The Morgan fingerprint density at radius 1 is 1.44 bits per heavy atom. The lowest BCUT2D eigenvalue weighted by molar-refractivity contribution is 0.00718. The minimum Gasteiger partial charge on any atom is -0.373 e. The molecule has 2 atom stereocenters. The maximum Gasteiger partial charge on any atom is 0.228 e. The second-order valence-corrected chi connectivity index (χ2v) is 6.23. The predicted octanol–water partition coefficient (Wildman–Crippen LogP) is 2.08. The highest BCUT2D eigenvalue weighted by Crippen LogP contribution is 2.35. The van der Waals surface area contributed by atoms with Gasteiger partial charge in [0.05, 0.1) is 0 Å². The first-order valence-corrected chi connectivity index (χ1v) is 6.52. The van der Waals surface area contributed by atoms with E-state index in [0.29, 0.717) is 24.1 Å². The van der Waals surface area contributed by atoms with Crippen molar-refractivity contribution >= 4 is 0 Å². The minimum absolute atomic E-state index is 0.0610. The molecule has 0 aliphatic heterocycles. The molecule has 1 aliphatic carbocycles. The fourth-order valence-corrected chi connectivity index (χ4v) is 2.20. The molecule has 102 valence electrons. The van der Waals surface area contributed by atoms with E-state index in [1.165, 1.54) is 12.8 Å². The Morgan fingerprint density at radius 3 is 2.61 bits per heavy atom. The summed E-state index contributed by atoms with van der Waals surface area (Å²) in [6.45, 7) is 6.27. The smallest absolute Gasteiger partial charge is 0.228 e. The van der Waals surface area contributed by atoms with E-state index in [9.17, 15) is 0 Å².